The molecule has 11 heteroatoms. The van der Waals surface area contributed by atoms with Gasteiger partial charge >= 0.3 is 0 Å². The summed E-state index contributed by atoms with van der Waals surface area (Å²) in [5.74, 6) is 1.15. The van der Waals surface area contributed by atoms with Gasteiger partial charge in [-0.1, -0.05) is 36.6 Å². The zero-order valence-electron chi connectivity index (χ0n) is 22.4. The molecule has 37 heavy (non-hydrogen) atoms. The van der Waals surface area contributed by atoms with Crippen LogP contribution >= 0.6 is 22.9 Å². The van der Waals surface area contributed by atoms with Gasteiger partial charge in [0.2, 0.25) is 0 Å². The van der Waals surface area contributed by atoms with E-state index >= 15 is 0 Å². The third-order valence-corrected chi connectivity index (χ3v) is 7.45. The summed E-state index contributed by atoms with van der Waals surface area (Å²) in [6.07, 6.45) is 3.36. The Morgan fingerprint density at radius 1 is 1.22 bits per heavy atom. The molecule has 0 spiro atoms. The van der Waals surface area contributed by atoms with Gasteiger partial charge in [0.15, 0.2) is 5.13 Å². The molecule has 5 nitrogen and oxygen atoms in total. The van der Waals surface area contributed by atoms with Crippen molar-refractivity contribution in [3.05, 3.63) is 62.7 Å². The summed E-state index contributed by atoms with van der Waals surface area (Å²) in [6.45, 7) is 4.38. The topological polar surface area (TPSA) is 52.6 Å². The zero-order chi connectivity index (χ0) is 26.7. The molecule has 0 amide bonds. The fraction of sp³-hybridized carbons (Fsp3) is 0.423. The van der Waals surface area contributed by atoms with Crippen LogP contribution in [0.2, 0.25) is 5.02 Å². The summed E-state index contributed by atoms with van der Waals surface area (Å²) in [6, 6.07) is 9.26. The summed E-state index contributed by atoms with van der Waals surface area (Å²) in [5, 5.41) is 4.69. The number of hydrogen-bond donors (Lipinski definition) is 1. The van der Waals surface area contributed by atoms with Crippen LogP contribution in [-0.4, -0.2) is 47.7 Å². The van der Waals surface area contributed by atoms with E-state index in [9.17, 15) is 4.39 Å². The van der Waals surface area contributed by atoms with Gasteiger partial charge in [-0.15, -0.1) is 11.3 Å². The molecule has 2 aromatic carbocycles. The van der Waals surface area contributed by atoms with E-state index in [-0.39, 0.29) is 30.6 Å². The molecule has 1 heterocycles. The van der Waals surface area contributed by atoms with Gasteiger partial charge in [0.05, 0.1) is 23.4 Å². The number of aryl methyl sites for hydroxylation is 2. The Kier molecular flexibility index (Phi) is 8.94. The van der Waals surface area contributed by atoms with E-state index < -0.39 is 0 Å². The van der Waals surface area contributed by atoms with Crippen molar-refractivity contribution < 1.29 is 18.6 Å². The third kappa shape index (κ3) is 7.53. The number of nitrogens with zero attached hydrogens (tertiary/aromatic N) is 1. The molecule has 0 aliphatic heterocycles. The number of rotatable bonds is 12. The van der Waals surface area contributed by atoms with Gasteiger partial charge in [-0.05, 0) is 55.5 Å². The predicted molar refractivity (Wildman–Crippen MR) is 158 cm³/mol. The number of nitrogens with one attached hydrogen (secondary N) is 1. The van der Waals surface area contributed by atoms with E-state index in [4.69, 9.17) is 30.8 Å². The summed E-state index contributed by atoms with van der Waals surface area (Å²) in [5.41, 5.74) is 4.17. The first-order valence-electron chi connectivity index (χ1n) is 12.6. The van der Waals surface area contributed by atoms with Crippen LogP contribution in [0.5, 0.6) is 5.75 Å². The Bertz CT molecular complexity index is 1250. The molecule has 1 saturated carbocycles. The van der Waals surface area contributed by atoms with Gasteiger partial charge in [-0.2, -0.15) is 0 Å². The van der Waals surface area contributed by atoms with Crippen molar-refractivity contribution in [3.63, 3.8) is 0 Å². The summed E-state index contributed by atoms with van der Waals surface area (Å²) >= 11 is 8.30. The first-order chi connectivity index (χ1) is 17.5. The summed E-state index contributed by atoms with van der Waals surface area (Å²) < 4.78 is 31.1. The average Bonchev–Trinajstić information content (AvgIpc) is 3.56. The van der Waals surface area contributed by atoms with Gasteiger partial charge in [-0.3, -0.25) is 0 Å². The predicted octanol–water partition coefficient (Wildman–Crippen LogP) is 4.18. The Hall–Kier alpha value is -2.00. The van der Waals surface area contributed by atoms with E-state index in [2.05, 4.69) is 5.32 Å². The van der Waals surface area contributed by atoms with Crippen LogP contribution in [0, 0.1) is 25.6 Å². The minimum Gasteiger partial charge on any atom is -0.513 e. The van der Waals surface area contributed by atoms with Crippen LogP contribution < -0.4 is 10.1 Å². The van der Waals surface area contributed by atoms with Crippen LogP contribution in [0.3, 0.4) is 0 Å². The Labute approximate surface area is 230 Å². The fourth-order valence-electron chi connectivity index (χ4n) is 4.24. The molecule has 1 aliphatic carbocycles. The second-order valence-corrected chi connectivity index (χ2v) is 12.3. The Morgan fingerprint density at radius 3 is 2.62 bits per heavy atom. The molecule has 1 aromatic heterocycles. The number of hydrogen-bond acceptors (Lipinski definition) is 6. The molecule has 4 rings (SSSR count). The Balaban J connectivity index is 1.56. The number of anilines is 1. The standard InChI is InChI=1S/C26H33B3ClFN2O3S/c1-14-8-19(20(30)11-23(14)36-26(27,28)29)24-15(2)37-25(33-24)32-22(9-16-4-5-16)17-6-7-18(21(31)10-17)12-35-13-34-3/h6-8,10-11,16,22H,4-5,9,12-13,27-29H2,1-3H3,(H,32,33)/t22-/m0/s1. The van der Waals surface area contributed by atoms with Crippen molar-refractivity contribution >= 4 is 51.6 Å². The van der Waals surface area contributed by atoms with Crippen molar-refractivity contribution in [2.45, 2.75) is 51.1 Å². The first-order valence-corrected chi connectivity index (χ1v) is 13.8. The summed E-state index contributed by atoms with van der Waals surface area (Å²) in [7, 11) is 7.60. The number of benzene rings is 2. The molecule has 0 unspecified atom stereocenters. The van der Waals surface area contributed by atoms with Crippen LogP contribution in [-0.2, 0) is 16.1 Å². The lowest BCUT2D eigenvalue weighted by molar-refractivity contribution is -0.0398. The van der Waals surface area contributed by atoms with Crippen molar-refractivity contribution in [2.24, 2.45) is 5.92 Å². The van der Waals surface area contributed by atoms with Crippen LogP contribution in [0.4, 0.5) is 9.52 Å². The second-order valence-electron chi connectivity index (χ2n) is 10.7. The molecule has 3 aromatic rings. The van der Waals surface area contributed by atoms with Gasteiger partial charge in [0.25, 0.3) is 0 Å². The van der Waals surface area contributed by atoms with E-state index in [1.807, 2.05) is 55.6 Å². The van der Waals surface area contributed by atoms with Gasteiger partial charge in [-0.25, -0.2) is 9.37 Å². The molecule has 0 bridgehead atoms. The Morgan fingerprint density at radius 2 is 1.97 bits per heavy atom. The monoisotopic (exact) mass is 540 g/mol. The molecule has 1 N–H and O–H groups in total. The van der Waals surface area contributed by atoms with Crippen molar-refractivity contribution in [2.75, 3.05) is 19.2 Å². The highest BCUT2D eigenvalue weighted by atomic mass is 35.5. The number of methoxy groups -OCH3 is 1. The van der Waals surface area contributed by atoms with Crippen LogP contribution in [0.15, 0.2) is 30.3 Å². The average molecular weight is 541 g/mol. The molecule has 0 saturated heterocycles. The van der Waals surface area contributed by atoms with Crippen LogP contribution in [0.25, 0.3) is 11.3 Å². The minimum atomic E-state index is -0.311. The number of aromatic nitrogens is 1. The molecule has 1 atom stereocenters. The highest BCUT2D eigenvalue weighted by molar-refractivity contribution is 7.16. The largest absolute Gasteiger partial charge is 0.513 e. The second kappa shape index (κ2) is 11.8. The quantitative estimate of drug-likeness (QED) is 0.212. The third-order valence-electron chi connectivity index (χ3n) is 6.23. The fourth-order valence-corrected chi connectivity index (χ4v) is 5.36. The molecule has 1 aliphatic rings. The van der Waals surface area contributed by atoms with Gasteiger partial charge in [0, 0.05) is 28.4 Å². The summed E-state index contributed by atoms with van der Waals surface area (Å²) in [4.78, 5) is 5.99. The maximum atomic E-state index is 14.9. The number of halogens is 2. The van der Waals surface area contributed by atoms with E-state index in [1.165, 1.54) is 12.8 Å². The maximum Gasteiger partial charge on any atom is 0.183 e. The highest BCUT2D eigenvalue weighted by Crippen LogP contribution is 2.42. The van der Waals surface area contributed by atoms with E-state index in [0.29, 0.717) is 16.5 Å². The normalized spacial score (nSPS) is 14.5. The smallest absolute Gasteiger partial charge is 0.183 e. The van der Waals surface area contributed by atoms with Crippen molar-refractivity contribution in [1.82, 2.24) is 4.98 Å². The minimum absolute atomic E-state index is 0.0332. The van der Waals surface area contributed by atoms with Gasteiger partial charge < -0.3 is 19.5 Å². The first kappa shape index (κ1) is 28.0. The molecular formula is C26H33B3ClFN2O3S. The lowest BCUT2D eigenvalue weighted by Gasteiger charge is -2.24. The lowest BCUT2D eigenvalue weighted by Crippen LogP contribution is -2.37. The number of thiazole rings is 1. The molecular weight excluding hydrogens is 507 g/mol. The molecule has 0 radical (unpaired) electrons. The maximum absolute atomic E-state index is 14.9. The zero-order valence-corrected chi connectivity index (χ0v) is 24.0. The SMILES string of the molecule is BC(B)(B)Oc1cc(Cl)c(-c2nc(N[C@@H](CC3CC3)c3ccc(COCOC)c(F)c3)sc2C)cc1C. The van der Waals surface area contributed by atoms with E-state index in [0.717, 1.165) is 44.6 Å². The van der Waals surface area contributed by atoms with Crippen molar-refractivity contribution in [3.8, 4) is 17.0 Å². The van der Waals surface area contributed by atoms with Crippen LogP contribution in [0.1, 0.15) is 46.9 Å². The highest BCUT2D eigenvalue weighted by Gasteiger charge is 2.28. The number of ether oxygens (including phenoxy) is 3. The molecule has 194 valence electrons. The van der Waals surface area contributed by atoms with Gasteiger partial charge in [0.1, 0.15) is 41.9 Å². The lowest BCUT2D eigenvalue weighted by atomic mass is 9.52. The van der Waals surface area contributed by atoms with E-state index in [1.54, 1.807) is 30.6 Å². The molecule has 1 fully saturated rings. The van der Waals surface area contributed by atoms with Crippen molar-refractivity contribution in [1.29, 1.82) is 0 Å².